The van der Waals surface area contributed by atoms with Crippen LogP contribution in [0.1, 0.15) is 1.43 Å². The van der Waals surface area contributed by atoms with Crippen LogP contribution in [0.4, 0.5) is 5.69 Å². The molecule has 1 aromatic carbocycles. The van der Waals surface area contributed by atoms with Gasteiger partial charge in [-0.05, 0) is 12.1 Å². The predicted molar refractivity (Wildman–Crippen MR) is 42.7 cm³/mol. The third-order valence-corrected chi connectivity index (χ3v) is 1.51. The monoisotopic (exact) mass is 181 g/mol. The van der Waals surface area contributed by atoms with Gasteiger partial charge in [-0.25, -0.2) is 0 Å². The molecule has 0 bridgehead atoms. The zero-order valence-corrected chi connectivity index (χ0v) is 7.38. The van der Waals surface area contributed by atoms with Crippen molar-refractivity contribution in [2.24, 2.45) is 0 Å². The summed E-state index contributed by atoms with van der Waals surface area (Å²) in [5, 5.41) is 0. The van der Waals surface area contributed by atoms with Gasteiger partial charge in [0.1, 0.15) is 0 Å². The quantitative estimate of drug-likeness (QED) is 0.410. The summed E-state index contributed by atoms with van der Waals surface area (Å²) in [5.74, 6) is 0. The minimum Gasteiger partial charge on any atom is -1.00 e. The number of anilines is 1. The molecule has 0 unspecified atom stereocenters. The van der Waals surface area contributed by atoms with Gasteiger partial charge in [-0.1, -0.05) is 18.2 Å². The standard InChI is InChI=1S/C6H7NO3S.Li.H/c8-11(9,10)7-6-4-2-1-3-5-6;;/h1-5,7H,(H,8,9,10);;/q;+1;-1. The molecule has 0 amide bonds. The number of nitrogens with one attached hydrogen (secondary N) is 1. The fourth-order valence-corrected chi connectivity index (χ4v) is 1.09. The number of para-hydroxylation sites is 1. The van der Waals surface area contributed by atoms with Gasteiger partial charge < -0.3 is 1.43 Å². The number of benzene rings is 1. The molecular formula is C6H8LiNO3S. The van der Waals surface area contributed by atoms with Crippen LogP contribution in [-0.2, 0) is 10.3 Å². The fourth-order valence-electron chi connectivity index (χ4n) is 0.655. The molecule has 2 N–H and O–H groups in total. The molecule has 0 spiro atoms. The third-order valence-electron chi connectivity index (χ3n) is 1.02. The Hall–Kier alpha value is -0.473. The Morgan fingerprint density at radius 1 is 1.25 bits per heavy atom. The first-order valence-electron chi connectivity index (χ1n) is 2.88. The molecule has 0 aliphatic carbocycles. The molecule has 0 saturated carbocycles. The zero-order valence-electron chi connectivity index (χ0n) is 7.56. The van der Waals surface area contributed by atoms with E-state index in [1.54, 1.807) is 18.2 Å². The Balaban J connectivity index is 0. The number of rotatable bonds is 2. The van der Waals surface area contributed by atoms with E-state index in [0.29, 0.717) is 5.69 Å². The van der Waals surface area contributed by atoms with Crippen LogP contribution in [0, 0.1) is 0 Å². The zero-order chi connectivity index (χ0) is 8.32. The minimum absolute atomic E-state index is 0. The summed E-state index contributed by atoms with van der Waals surface area (Å²) in [6, 6.07) is 8.14. The molecule has 0 aliphatic heterocycles. The van der Waals surface area contributed by atoms with Gasteiger partial charge in [0.25, 0.3) is 0 Å². The van der Waals surface area contributed by atoms with Crippen LogP contribution in [-0.4, -0.2) is 13.0 Å². The van der Waals surface area contributed by atoms with Crippen molar-refractivity contribution in [3.05, 3.63) is 30.3 Å². The van der Waals surface area contributed by atoms with Gasteiger partial charge in [0.15, 0.2) is 0 Å². The van der Waals surface area contributed by atoms with Crippen LogP contribution < -0.4 is 23.6 Å². The van der Waals surface area contributed by atoms with Gasteiger partial charge in [-0.3, -0.25) is 9.27 Å². The molecule has 1 aromatic rings. The molecule has 1 rings (SSSR count). The van der Waals surface area contributed by atoms with Crippen LogP contribution >= 0.6 is 0 Å². The van der Waals surface area contributed by atoms with Crippen LogP contribution in [0.25, 0.3) is 0 Å². The van der Waals surface area contributed by atoms with Crippen molar-refractivity contribution >= 4 is 16.0 Å². The van der Waals surface area contributed by atoms with Gasteiger partial charge in [0, 0.05) is 0 Å². The fraction of sp³-hybridized carbons (Fsp3) is 0. The second-order valence-corrected chi connectivity index (χ2v) is 3.10. The van der Waals surface area contributed by atoms with Gasteiger partial charge in [0.05, 0.1) is 5.69 Å². The minimum atomic E-state index is -4.13. The Labute approximate surface area is 84.5 Å². The van der Waals surface area contributed by atoms with Crippen molar-refractivity contribution in [1.29, 1.82) is 0 Å². The molecule has 0 saturated heterocycles. The second kappa shape index (κ2) is 4.53. The number of hydrogen-bond acceptors (Lipinski definition) is 2. The van der Waals surface area contributed by atoms with Gasteiger partial charge in [-0.15, -0.1) is 0 Å². The predicted octanol–water partition coefficient (Wildman–Crippen LogP) is -1.98. The summed E-state index contributed by atoms with van der Waals surface area (Å²) in [6.07, 6.45) is 0. The summed E-state index contributed by atoms with van der Waals surface area (Å²) >= 11 is 0. The first-order chi connectivity index (χ1) is 5.08. The number of hydrogen-bond donors (Lipinski definition) is 2. The van der Waals surface area contributed by atoms with E-state index in [4.69, 9.17) is 4.55 Å². The first-order valence-corrected chi connectivity index (χ1v) is 4.32. The van der Waals surface area contributed by atoms with E-state index in [9.17, 15) is 8.42 Å². The second-order valence-electron chi connectivity index (χ2n) is 1.94. The summed E-state index contributed by atoms with van der Waals surface area (Å²) in [4.78, 5) is 0. The van der Waals surface area contributed by atoms with Crippen molar-refractivity contribution < 1.29 is 33.3 Å². The van der Waals surface area contributed by atoms with Crippen LogP contribution in [0.5, 0.6) is 0 Å². The SMILES string of the molecule is O=S(=O)(O)Nc1ccccc1.[H-].[Li+]. The topological polar surface area (TPSA) is 66.4 Å². The van der Waals surface area contributed by atoms with Crippen molar-refractivity contribution in [1.82, 2.24) is 0 Å². The summed E-state index contributed by atoms with van der Waals surface area (Å²) < 4.78 is 30.7. The largest absolute Gasteiger partial charge is 1.00 e. The summed E-state index contributed by atoms with van der Waals surface area (Å²) in [7, 11) is -4.13. The first kappa shape index (κ1) is 11.5. The van der Waals surface area contributed by atoms with Crippen LogP contribution in [0.3, 0.4) is 0 Å². The average molecular weight is 181 g/mol. The Bertz CT molecular complexity index is 329. The van der Waals surface area contributed by atoms with E-state index in [1.165, 1.54) is 12.1 Å². The van der Waals surface area contributed by atoms with E-state index in [2.05, 4.69) is 0 Å². The molecule has 62 valence electrons. The van der Waals surface area contributed by atoms with E-state index < -0.39 is 10.3 Å². The smallest absolute Gasteiger partial charge is 1.00 e. The van der Waals surface area contributed by atoms with E-state index >= 15 is 0 Å². The maximum Gasteiger partial charge on any atom is 1.00 e. The van der Waals surface area contributed by atoms with Gasteiger partial charge >= 0.3 is 29.2 Å². The van der Waals surface area contributed by atoms with E-state index in [0.717, 1.165) is 0 Å². The summed E-state index contributed by atoms with van der Waals surface area (Å²) in [5.41, 5.74) is 0.343. The molecule has 0 heterocycles. The third kappa shape index (κ3) is 4.41. The molecule has 4 nitrogen and oxygen atoms in total. The van der Waals surface area contributed by atoms with Crippen molar-refractivity contribution in [3.63, 3.8) is 0 Å². The van der Waals surface area contributed by atoms with Gasteiger partial charge in [0.2, 0.25) is 0 Å². The van der Waals surface area contributed by atoms with E-state index in [1.807, 2.05) is 4.72 Å². The molecule has 12 heavy (non-hydrogen) atoms. The molecular weight excluding hydrogens is 173 g/mol. The Morgan fingerprint density at radius 2 is 1.75 bits per heavy atom. The van der Waals surface area contributed by atoms with Gasteiger partial charge in [-0.2, -0.15) is 8.42 Å². The summed E-state index contributed by atoms with van der Waals surface area (Å²) in [6.45, 7) is 0. The van der Waals surface area contributed by atoms with Crippen molar-refractivity contribution in [2.75, 3.05) is 4.72 Å². The molecule has 0 radical (unpaired) electrons. The van der Waals surface area contributed by atoms with E-state index in [-0.39, 0.29) is 20.3 Å². The molecule has 0 aromatic heterocycles. The molecule has 0 fully saturated rings. The average Bonchev–Trinajstić information content (AvgIpc) is 1.85. The molecule has 6 heteroatoms. The Morgan fingerprint density at radius 3 is 2.17 bits per heavy atom. The molecule has 0 aliphatic rings. The van der Waals surface area contributed by atoms with Crippen molar-refractivity contribution in [2.45, 2.75) is 0 Å². The maximum absolute atomic E-state index is 10.2. The Kier molecular flexibility index (Phi) is 4.35. The maximum atomic E-state index is 10.2. The van der Waals surface area contributed by atoms with Crippen LogP contribution in [0.15, 0.2) is 30.3 Å². The normalized spacial score (nSPS) is 10.1. The van der Waals surface area contributed by atoms with Crippen LogP contribution in [0.2, 0.25) is 0 Å². The molecule has 0 atom stereocenters. The van der Waals surface area contributed by atoms with Crippen molar-refractivity contribution in [3.8, 4) is 0 Å².